The lowest BCUT2D eigenvalue weighted by Gasteiger charge is -2.09. The number of nitrogens with zero attached hydrogens (tertiary/aromatic N) is 2. The monoisotopic (exact) mass is 666 g/mol. The summed E-state index contributed by atoms with van der Waals surface area (Å²) in [6.45, 7) is 9.96. The van der Waals surface area contributed by atoms with E-state index < -0.39 is 9.85 Å². The van der Waals surface area contributed by atoms with Gasteiger partial charge in [-0.1, -0.05) is 0 Å². The molecule has 0 bridgehead atoms. The second-order valence-electron chi connectivity index (χ2n) is 9.05. The summed E-state index contributed by atoms with van der Waals surface area (Å²) in [7, 11) is 0. The Balaban J connectivity index is 1.74. The summed E-state index contributed by atoms with van der Waals surface area (Å²) in [5.74, 6) is 0. The SMILES string of the molecule is NCCOCCOCCOCCOCCOCCOCCOCCOCCOCCOCCNc1ccc([N+](=O)[O-])cc1[N+](=O)[O-]. The fourth-order valence-corrected chi connectivity index (χ4v) is 3.36. The predicted octanol–water partition coefficient (Wildman–Crippen LogP) is 1.04. The van der Waals surface area contributed by atoms with Gasteiger partial charge in [0.2, 0.25) is 0 Å². The van der Waals surface area contributed by atoms with E-state index in [0.29, 0.717) is 139 Å². The van der Waals surface area contributed by atoms with Crippen LogP contribution in [-0.2, 0) is 47.4 Å². The first-order valence-corrected chi connectivity index (χ1v) is 15.2. The number of hydrogen-bond donors (Lipinski definition) is 2. The maximum absolute atomic E-state index is 11.1. The first-order valence-electron chi connectivity index (χ1n) is 15.2. The lowest BCUT2D eigenvalue weighted by molar-refractivity contribution is -0.393. The molecule has 0 spiro atoms. The number of anilines is 1. The minimum absolute atomic E-state index is 0.186. The van der Waals surface area contributed by atoms with E-state index in [1.54, 1.807) is 0 Å². The maximum Gasteiger partial charge on any atom is 0.299 e. The summed E-state index contributed by atoms with van der Waals surface area (Å²) < 4.78 is 54.0. The van der Waals surface area contributed by atoms with Gasteiger partial charge in [0, 0.05) is 19.2 Å². The third kappa shape index (κ3) is 24.6. The Hall–Kier alpha value is -2.62. The molecule has 0 aliphatic heterocycles. The van der Waals surface area contributed by atoms with E-state index in [-0.39, 0.29) is 23.7 Å². The van der Waals surface area contributed by atoms with Crippen LogP contribution in [0.2, 0.25) is 0 Å². The second-order valence-corrected chi connectivity index (χ2v) is 9.05. The number of nitro groups is 2. The molecule has 0 radical (unpaired) electrons. The standard InChI is InChI=1S/C28H50N4O14/c29-3-5-37-7-9-39-11-13-41-15-17-43-19-21-45-23-24-46-22-20-44-18-16-42-14-12-40-10-8-38-6-4-30-27-2-1-26(31(33)34)25-28(27)32(35)36/h1-2,25,30H,3-24,29H2. The molecule has 0 unspecified atom stereocenters. The number of non-ortho nitro benzene ring substituents is 1. The molecule has 1 aromatic carbocycles. The molecule has 0 saturated heterocycles. The van der Waals surface area contributed by atoms with Crippen molar-refractivity contribution in [2.24, 2.45) is 5.73 Å². The predicted molar refractivity (Wildman–Crippen MR) is 165 cm³/mol. The van der Waals surface area contributed by atoms with Crippen molar-refractivity contribution in [3.63, 3.8) is 0 Å². The van der Waals surface area contributed by atoms with Gasteiger partial charge in [-0.05, 0) is 6.07 Å². The first kappa shape index (κ1) is 41.4. The average molecular weight is 667 g/mol. The summed E-state index contributed by atoms with van der Waals surface area (Å²) >= 11 is 0. The molecule has 0 saturated carbocycles. The van der Waals surface area contributed by atoms with Crippen LogP contribution in [0.25, 0.3) is 0 Å². The minimum atomic E-state index is -0.682. The normalized spacial score (nSPS) is 11.2. The van der Waals surface area contributed by atoms with Crippen molar-refractivity contribution in [3.05, 3.63) is 38.4 Å². The van der Waals surface area contributed by atoms with Crippen molar-refractivity contribution in [1.82, 2.24) is 0 Å². The number of nitro benzene ring substituents is 2. The van der Waals surface area contributed by atoms with Gasteiger partial charge >= 0.3 is 0 Å². The first-order chi connectivity index (χ1) is 22.6. The number of rotatable bonds is 35. The van der Waals surface area contributed by atoms with Crippen LogP contribution in [0.3, 0.4) is 0 Å². The molecule has 18 nitrogen and oxygen atoms in total. The Morgan fingerprint density at radius 3 is 1.13 bits per heavy atom. The Bertz CT molecular complexity index is 887. The summed E-state index contributed by atoms with van der Waals surface area (Å²) in [6.07, 6.45) is 0. The van der Waals surface area contributed by atoms with E-state index in [2.05, 4.69) is 5.32 Å². The van der Waals surface area contributed by atoms with Crippen molar-refractivity contribution >= 4 is 17.1 Å². The highest BCUT2D eigenvalue weighted by molar-refractivity contribution is 5.65. The second kappa shape index (κ2) is 31.0. The van der Waals surface area contributed by atoms with E-state index in [1.807, 2.05) is 0 Å². The van der Waals surface area contributed by atoms with Gasteiger partial charge in [0.15, 0.2) is 0 Å². The van der Waals surface area contributed by atoms with Crippen molar-refractivity contribution in [2.45, 2.75) is 0 Å². The van der Waals surface area contributed by atoms with Gasteiger partial charge in [-0.25, -0.2) is 0 Å². The van der Waals surface area contributed by atoms with Gasteiger partial charge in [-0.15, -0.1) is 0 Å². The molecule has 1 aromatic rings. The summed E-state index contributed by atoms with van der Waals surface area (Å²) in [4.78, 5) is 20.6. The molecule has 0 atom stereocenters. The van der Waals surface area contributed by atoms with Gasteiger partial charge in [0.25, 0.3) is 11.4 Å². The van der Waals surface area contributed by atoms with Crippen LogP contribution in [0.4, 0.5) is 17.1 Å². The third-order valence-electron chi connectivity index (χ3n) is 5.56. The quantitative estimate of drug-likeness (QED) is 0.0587. The van der Waals surface area contributed by atoms with Gasteiger partial charge in [0.05, 0.1) is 148 Å². The molecule has 3 N–H and O–H groups in total. The van der Waals surface area contributed by atoms with Crippen LogP contribution in [0.1, 0.15) is 0 Å². The van der Waals surface area contributed by atoms with Gasteiger partial charge in [-0.2, -0.15) is 0 Å². The molecular formula is C28H50N4O14. The highest BCUT2D eigenvalue weighted by Gasteiger charge is 2.19. The highest BCUT2D eigenvalue weighted by atomic mass is 16.6. The number of hydrogen-bond acceptors (Lipinski definition) is 16. The third-order valence-corrected chi connectivity index (χ3v) is 5.56. The molecule has 0 aromatic heterocycles. The highest BCUT2D eigenvalue weighted by Crippen LogP contribution is 2.28. The van der Waals surface area contributed by atoms with E-state index in [4.69, 9.17) is 53.1 Å². The van der Waals surface area contributed by atoms with Crippen LogP contribution >= 0.6 is 0 Å². The van der Waals surface area contributed by atoms with E-state index in [0.717, 1.165) is 6.07 Å². The lowest BCUT2D eigenvalue weighted by Crippen LogP contribution is -2.16. The van der Waals surface area contributed by atoms with Crippen LogP contribution in [0.15, 0.2) is 18.2 Å². The zero-order valence-electron chi connectivity index (χ0n) is 26.5. The lowest BCUT2D eigenvalue weighted by atomic mass is 10.2. The molecule has 0 amide bonds. The molecule has 266 valence electrons. The van der Waals surface area contributed by atoms with Crippen molar-refractivity contribution in [2.75, 3.05) is 151 Å². The Labute approximate surface area is 269 Å². The molecule has 46 heavy (non-hydrogen) atoms. The number of ether oxygens (including phenoxy) is 10. The molecule has 18 heteroatoms. The van der Waals surface area contributed by atoms with Crippen molar-refractivity contribution in [1.29, 1.82) is 0 Å². The van der Waals surface area contributed by atoms with Crippen LogP contribution in [-0.4, -0.2) is 155 Å². The largest absolute Gasteiger partial charge is 0.378 e. The van der Waals surface area contributed by atoms with Crippen LogP contribution in [0, 0.1) is 20.2 Å². The summed E-state index contributed by atoms with van der Waals surface area (Å²) in [5, 5.41) is 24.8. The Kier molecular flexibility index (Phi) is 27.9. The van der Waals surface area contributed by atoms with E-state index in [1.165, 1.54) is 12.1 Å². The van der Waals surface area contributed by atoms with Gasteiger partial charge in [-0.3, -0.25) is 20.2 Å². The molecule has 0 aliphatic carbocycles. The smallest absolute Gasteiger partial charge is 0.299 e. The zero-order valence-corrected chi connectivity index (χ0v) is 26.5. The summed E-state index contributed by atoms with van der Waals surface area (Å²) in [5.41, 5.74) is 4.80. The fraction of sp³-hybridized carbons (Fsp3) is 0.786. The molecule has 1 rings (SSSR count). The topological polar surface area (TPSA) is 217 Å². The van der Waals surface area contributed by atoms with Crippen molar-refractivity contribution < 1.29 is 57.2 Å². The number of nitrogens with two attached hydrogens (primary N) is 1. The van der Waals surface area contributed by atoms with Gasteiger partial charge < -0.3 is 58.4 Å². The van der Waals surface area contributed by atoms with E-state index in [9.17, 15) is 20.2 Å². The minimum Gasteiger partial charge on any atom is -0.378 e. The maximum atomic E-state index is 11.1. The Morgan fingerprint density at radius 2 is 0.826 bits per heavy atom. The fourth-order valence-electron chi connectivity index (χ4n) is 3.36. The van der Waals surface area contributed by atoms with Crippen LogP contribution in [0.5, 0.6) is 0 Å². The summed E-state index contributed by atoms with van der Waals surface area (Å²) in [6, 6.07) is 3.43. The Morgan fingerprint density at radius 1 is 0.500 bits per heavy atom. The molecular weight excluding hydrogens is 616 g/mol. The number of nitrogens with one attached hydrogen (secondary N) is 1. The van der Waals surface area contributed by atoms with Crippen LogP contribution < -0.4 is 11.1 Å². The van der Waals surface area contributed by atoms with Gasteiger partial charge in [0.1, 0.15) is 5.69 Å². The molecule has 0 aliphatic rings. The molecule has 0 heterocycles. The average Bonchev–Trinajstić information content (AvgIpc) is 3.05. The van der Waals surface area contributed by atoms with Crippen molar-refractivity contribution in [3.8, 4) is 0 Å². The molecule has 0 fully saturated rings. The van der Waals surface area contributed by atoms with E-state index >= 15 is 0 Å². The zero-order chi connectivity index (χ0) is 33.3. The number of benzene rings is 1.